The largest absolute Gasteiger partial charge is 0.306 e. The molecule has 0 heterocycles. The molecule has 0 spiro atoms. The van der Waals surface area contributed by atoms with E-state index in [0.29, 0.717) is 5.56 Å². The highest BCUT2D eigenvalue weighted by Gasteiger charge is 2.17. The molecule has 0 saturated heterocycles. The zero-order chi connectivity index (χ0) is 15.4. The van der Waals surface area contributed by atoms with Gasteiger partial charge in [-0.25, -0.2) is 4.39 Å². The van der Waals surface area contributed by atoms with Crippen molar-refractivity contribution in [2.45, 2.75) is 26.3 Å². The van der Waals surface area contributed by atoms with Gasteiger partial charge < -0.3 is 5.32 Å². The molecular weight excluding hydrogens is 397 g/mol. The molecule has 2 aromatic carbocycles. The van der Waals surface area contributed by atoms with Gasteiger partial charge in [-0.1, -0.05) is 57.0 Å². The Morgan fingerprint density at radius 3 is 2.52 bits per heavy atom. The van der Waals surface area contributed by atoms with Crippen molar-refractivity contribution in [3.05, 3.63) is 67.9 Å². The summed E-state index contributed by atoms with van der Waals surface area (Å²) in [6, 6.07) is 11.5. The summed E-state index contributed by atoms with van der Waals surface area (Å²) in [4.78, 5) is 0. The van der Waals surface area contributed by atoms with Crippen molar-refractivity contribution in [1.29, 1.82) is 0 Å². The monoisotopic (exact) mass is 413 g/mol. The molecule has 2 aromatic rings. The number of hydrogen-bond donors (Lipinski definition) is 1. The van der Waals surface area contributed by atoms with Crippen molar-refractivity contribution < 1.29 is 4.39 Å². The third-order valence-electron chi connectivity index (χ3n) is 3.39. The van der Waals surface area contributed by atoms with Gasteiger partial charge >= 0.3 is 0 Å². The summed E-state index contributed by atoms with van der Waals surface area (Å²) in [5.74, 6) is -0.164. The van der Waals surface area contributed by atoms with E-state index in [1.807, 2.05) is 24.3 Å². The van der Waals surface area contributed by atoms with Crippen molar-refractivity contribution in [2.75, 3.05) is 6.54 Å². The molecular formula is C17H18Br2FN. The van der Waals surface area contributed by atoms with E-state index in [-0.39, 0.29) is 11.9 Å². The molecule has 4 heteroatoms. The van der Waals surface area contributed by atoms with E-state index in [4.69, 9.17) is 0 Å². The average Bonchev–Trinajstić information content (AvgIpc) is 2.44. The number of nitrogens with one attached hydrogen (secondary N) is 1. The quantitative estimate of drug-likeness (QED) is 0.656. The lowest BCUT2D eigenvalue weighted by Crippen LogP contribution is -2.23. The lowest BCUT2D eigenvalue weighted by atomic mass is 9.97. The first kappa shape index (κ1) is 16.7. The predicted octanol–water partition coefficient (Wildman–Crippen LogP) is 5.75. The molecule has 0 aliphatic carbocycles. The smallest absolute Gasteiger partial charge is 0.126 e. The first-order chi connectivity index (χ1) is 10.0. The van der Waals surface area contributed by atoms with E-state index < -0.39 is 0 Å². The molecule has 1 nitrogen and oxygen atoms in total. The molecule has 0 bridgehead atoms. The third kappa shape index (κ3) is 4.15. The molecule has 1 atom stereocenters. The van der Waals surface area contributed by atoms with Gasteiger partial charge in [-0.3, -0.25) is 0 Å². The fourth-order valence-corrected chi connectivity index (χ4v) is 3.56. The second-order valence-electron chi connectivity index (χ2n) is 5.06. The third-order valence-corrected chi connectivity index (χ3v) is 4.57. The number of hydrogen-bond acceptors (Lipinski definition) is 1. The molecule has 112 valence electrons. The number of halogens is 3. The van der Waals surface area contributed by atoms with Crippen LogP contribution in [-0.2, 0) is 0 Å². The van der Waals surface area contributed by atoms with Crippen LogP contribution < -0.4 is 5.32 Å². The van der Waals surface area contributed by atoms with Gasteiger partial charge in [-0.05, 0) is 54.8 Å². The van der Waals surface area contributed by atoms with Crippen LogP contribution in [0.1, 0.15) is 36.1 Å². The highest BCUT2D eigenvalue weighted by Crippen LogP contribution is 2.31. The van der Waals surface area contributed by atoms with Gasteiger partial charge in [0.2, 0.25) is 0 Å². The van der Waals surface area contributed by atoms with Gasteiger partial charge in [-0.15, -0.1) is 0 Å². The van der Waals surface area contributed by atoms with Crippen molar-refractivity contribution in [3.8, 4) is 0 Å². The van der Waals surface area contributed by atoms with Crippen LogP contribution in [0.15, 0.2) is 45.3 Å². The minimum Gasteiger partial charge on any atom is -0.306 e. The zero-order valence-electron chi connectivity index (χ0n) is 12.1. The Balaban J connectivity index is 2.44. The Hall–Kier alpha value is -0.710. The molecule has 1 N–H and O–H groups in total. The van der Waals surface area contributed by atoms with E-state index in [0.717, 1.165) is 33.0 Å². The molecule has 0 amide bonds. The number of aryl methyl sites for hydroxylation is 1. The molecule has 0 saturated carbocycles. The van der Waals surface area contributed by atoms with Crippen LogP contribution in [0.4, 0.5) is 4.39 Å². The minimum atomic E-state index is -0.164. The van der Waals surface area contributed by atoms with Crippen molar-refractivity contribution in [3.63, 3.8) is 0 Å². The predicted molar refractivity (Wildman–Crippen MR) is 93.1 cm³/mol. The molecule has 0 aromatic heterocycles. The van der Waals surface area contributed by atoms with Gasteiger partial charge in [0.05, 0.1) is 6.04 Å². The Bertz CT molecular complexity index is 628. The molecule has 0 fully saturated rings. The maximum atomic E-state index is 13.5. The van der Waals surface area contributed by atoms with Gasteiger partial charge in [0.1, 0.15) is 5.82 Å². The van der Waals surface area contributed by atoms with Gasteiger partial charge in [0.25, 0.3) is 0 Å². The van der Waals surface area contributed by atoms with Crippen LogP contribution >= 0.6 is 31.9 Å². The number of benzene rings is 2. The SMILES string of the molecule is CCCNC(c1ccc(F)c(C)c1)c1ccc(Br)cc1Br. The standard InChI is InChI=1S/C17H18Br2FN/c1-3-8-21-17(12-4-7-16(20)11(2)9-12)14-6-5-13(18)10-15(14)19/h4-7,9-10,17,21H,3,8H2,1-2H3. The summed E-state index contributed by atoms with van der Waals surface area (Å²) in [5, 5.41) is 3.54. The van der Waals surface area contributed by atoms with Crippen LogP contribution in [0.5, 0.6) is 0 Å². The highest BCUT2D eigenvalue weighted by molar-refractivity contribution is 9.11. The fourth-order valence-electron chi connectivity index (χ4n) is 2.28. The summed E-state index contributed by atoms with van der Waals surface area (Å²) in [6.45, 7) is 4.84. The first-order valence-corrected chi connectivity index (χ1v) is 8.56. The zero-order valence-corrected chi connectivity index (χ0v) is 15.3. The molecule has 2 rings (SSSR count). The van der Waals surface area contributed by atoms with Gasteiger partial charge in [0, 0.05) is 8.95 Å². The number of rotatable bonds is 5. The van der Waals surface area contributed by atoms with Gasteiger partial charge in [0.15, 0.2) is 0 Å². The summed E-state index contributed by atoms with van der Waals surface area (Å²) in [5.41, 5.74) is 2.90. The second-order valence-corrected chi connectivity index (χ2v) is 6.83. The Morgan fingerprint density at radius 2 is 1.90 bits per heavy atom. The molecule has 0 aliphatic heterocycles. The minimum absolute atomic E-state index is 0.0479. The molecule has 21 heavy (non-hydrogen) atoms. The summed E-state index contributed by atoms with van der Waals surface area (Å²) in [7, 11) is 0. The first-order valence-electron chi connectivity index (χ1n) is 6.97. The second kappa shape index (κ2) is 7.52. The van der Waals surface area contributed by atoms with E-state index in [2.05, 4.69) is 50.2 Å². The Morgan fingerprint density at radius 1 is 1.14 bits per heavy atom. The highest BCUT2D eigenvalue weighted by atomic mass is 79.9. The van der Waals surface area contributed by atoms with Gasteiger partial charge in [-0.2, -0.15) is 0 Å². The summed E-state index contributed by atoms with van der Waals surface area (Å²) in [6.07, 6.45) is 1.05. The summed E-state index contributed by atoms with van der Waals surface area (Å²) >= 11 is 7.10. The molecule has 0 radical (unpaired) electrons. The topological polar surface area (TPSA) is 12.0 Å². The van der Waals surface area contributed by atoms with Crippen LogP contribution in [0, 0.1) is 12.7 Å². The van der Waals surface area contributed by atoms with Crippen LogP contribution in [0.3, 0.4) is 0 Å². The normalized spacial score (nSPS) is 12.4. The van der Waals surface area contributed by atoms with Crippen LogP contribution in [-0.4, -0.2) is 6.54 Å². The van der Waals surface area contributed by atoms with Crippen LogP contribution in [0.2, 0.25) is 0 Å². The Kier molecular flexibility index (Phi) is 5.97. The van der Waals surface area contributed by atoms with E-state index >= 15 is 0 Å². The average molecular weight is 415 g/mol. The maximum Gasteiger partial charge on any atom is 0.126 e. The fraction of sp³-hybridized carbons (Fsp3) is 0.294. The van der Waals surface area contributed by atoms with E-state index in [1.54, 1.807) is 6.92 Å². The van der Waals surface area contributed by atoms with Crippen LogP contribution in [0.25, 0.3) is 0 Å². The van der Waals surface area contributed by atoms with E-state index in [9.17, 15) is 4.39 Å². The van der Waals surface area contributed by atoms with E-state index in [1.165, 1.54) is 6.07 Å². The molecule has 1 unspecified atom stereocenters. The van der Waals surface area contributed by atoms with Crippen molar-refractivity contribution >= 4 is 31.9 Å². The van der Waals surface area contributed by atoms with Crippen molar-refractivity contribution in [2.24, 2.45) is 0 Å². The lowest BCUT2D eigenvalue weighted by Gasteiger charge is -2.21. The van der Waals surface area contributed by atoms with Crippen molar-refractivity contribution in [1.82, 2.24) is 5.32 Å². The summed E-state index contributed by atoms with van der Waals surface area (Å²) < 4.78 is 15.6. The molecule has 0 aliphatic rings. The Labute approximate surface area is 142 Å². The maximum absolute atomic E-state index is 13.5. The lowest BCUT2D eigenvalue weighted by molar-refractivity contribution is 0.588.